The van der Waals surface area contributed by atoms with E-state index in [2.05, 4.69) is 16.0 Å². The fraction of sp³-hybridized carbons (Fsp3) is 0.176. The fourth-order valence-corrected chi connectivity index (χ4v) is 2.07. The number of nitrogens with one attached hydrogen (secondary N) is 3. The van der Waals surface area contributed by atoms with Gasteiger partial charge in [0.15, 0.2) is 0 Å². The standard InChI is InChI=1S/C17H19N3O2/c1-18-17(22)20-16(21)15(14-10-6-3-7-11-14)19-12-13-8-4-2-5-9-13/h2-11,15,19H,12H2,1H3,(H2,18,20,21,22)/t15-/m0/s1. The van der Waals surface area contributed by atoms with Gasteiger partial charge >= 0.3 is 6.03 Å². The number of carbonyl (C=O) groups excluding carboxylic acids is 2. The Hall–Kier alpha value is -2.66. The third kappa shape index (κ3) is 4.43. The van der Waals surface area contributed by atoms with Crippen molar-refractivity contribution < 1.29 is 9.59 Å². The van der Waals surface area contributed by atoms with Gasteiger partial charge in [0.1, 0.15) is 6.04 Å². The summed E-state index contributed by atoms with van der Waals surface area (Å²) in [4.78, 5) is 23.7. The maximum Gasteiger partial charge on any atom is 0.321 e. The normalized spacial score (nSPS) is 11.5. The van der Waals surface area contributed by atoms with Crippen LogP contribution in [-0.2, 0) is 11.3 Å². The Bertz CT molecular complexity index is 614. The van der Waals surface area contributed by atoms with Crippen LogP contribution >= 0.6 is 0 Å². The Morgan fingerprint density at radius 2 is 1.55 bits per heavy atom. The molecule has 0 saturated carbocycles. The molecule has 2 aromatic carbocycles. The van der Waals surface area contributed by atoms with E-state index in [1.54, 1.807) is 0 Å². The molecule has 2 rings (SSSR count). The average molecular weight is 297 g/mol. The minimum Gasteiger partial charge on any atom is -0.341 e. The second kappa shape index (κ2) is 7.95. The van der Waals surface area contributed by atoms with E-state index in [4.69, 9.17) is 0 Å². The highest BCUT2D eigenvalue weighted by atomic mass is 16.2. The third-order valence-electron chi connectivity index (χ3n) is 3.21. The highest BCUT2D eigenvalue weighted by Gasteiger charge is 2.21. The summed E-state index contributed by atoms with van der Waals surface area (Å²) in [6, 6.07) is 18.0. The van der Waals surface area contributed by atoms with Crippen LogP contribution in [0.3, 0.4) is 0 Å². The predicted octanol–water partition coefficient (Wildman–Crippen LogP) is 1.97. The number of amides is 3. The molecule has 3 amide bonds. The summed E-state index contributed by atoms with van der Waals surface area (Å²) in [6.07, 6.45) is 0. The molecule has 0 spiro atoms. The van der Waals surface area contributed by atoms with Gasteiger partial charge in [-0.05, 0) is 11.1 Å². The molecular formula is C17H19N3O2. The molecule has 3 N–H and O–H groups in total. The van der Waals surface area contributed by atoms with Crippen molar-refractivity contribution in [3.63, 3.8) is 0 Å². The Morgan fingerprint density at radius 3 is 2.14 bits per heavy atom. The number of imide groups is 1. The molecule has 0 aliphatic carbocycles. The monoisotopic (exact) mass is 297 g/mol. The smallest absolute Gasteiger partial charge is 0.321 e. The number of carbonyl (C=O) groups is 2. The zero-order valence-electron chi connectivity index (χ0n) is 12.4. The van der Waals surface area contributed by atoms with Gasteiger partial charge in [-0.3, -0.25) is 15.4 Å². The second-order valence-electron chi connectivity index (χ2n) is 4.78. The molecule has 0 unspecified atom stereocenters. The van der Waals surface area contributed by atoms with Gasteiger partial charge in [-0.2, -0.15) is 0 Å². The first-order chi connectivity index (χ1) is 10.7. The van der Waals surface area contributed by atoms with Gasteiger partial charge in [0.25, 0.3) is 0 Å². The summed E-state index contributed by atoms with van der Waals surface area (Å²) in [7, 11) is 1.47. The van der Waals surface area contributed by atoms with E-state index in [9.17, 15) is 9.59 Å². The van der Waals surface area contributed by atoms with E-state index in [0.29, 0.717) is 6.54 Å². The highest BCUT2D eigenvalue weighted by Crippen LogP contribution is 2.14. The first kappa shape index (κ1) is 15.7. The molecule has 5 heteroatoms. The van der Waals surface area contributed by atoms with Crippen molar-refractivity contribution in [3.8, 4) is 0 Å². The van der Waals surface area contributed by atoms with Crippen LogP contribution < -0.4 is 16.0 Å². The summed E-state index contributed by atoms with van der Waals surface area (Å²) < 4.78 is 0. The molecule has 0 aliphatic rings. The summed E-state index contributed by atoms with van der Waals surface area (Å²) >= 11 is 0. The molecule has 0 heterocycles. The Kier molecular flexibility index (Phi) is 5.68. The molecule has 0 radical (unpaired) electrons. The number of hydrogen-bond acceptors (Lipinski definition) is 3. The van der Waals surface area contributed by atoms with Gasteiger partial charge in [-0.25, -0.2) is 4.79 Å². The van der Waals surface area contributed by atoms with Gasteiger partial charge in [0.05, 0.1) is 0 Å². The molecular weight excluding hydrogens is 278 g/mol. The van der Waals surface area contributed by atoms with E-state index in [-0.39, 0.29) is 5.91 Å². The molecule has 22 heavy (non-hydrogen) atoms. The lowest BCUT2D eigenvalue weighted by molar-refractivity contribution is -0.122. The Morgan fingerprint density at radius 1 is 0.955 bits per heavy atom. The van der Waals surface area contributed by atoms with Crippen LogP contribution in [0.15, 0.2) is 60.7 Å². The summed E-state index contributed by atoms with van der Waals surface area (Å²) in [5.74, 6) is -0.388. The zero-order chi connectivity index (χ0) is 15.8. The molecule has 114 valence electrons. The molecule has 0 fully saturated rings. The first-order valence-electron chi connectivity index (χ1n) is 7.05. The van der Waals surface area contributed by atoms with E-state index in [1.165, 1.54) is 7.05 Å². The van der Waals surface area contributed by atoms with Crippen LogP contribution in [0.1, 0.15) is 17.2 Å². The van der Waals surface area contributed by atoms with Crippen molar-refractivity contribution >= 4 is 11.9 Å². The van der Waals surface area contributed by atoms with E-state index in [0.717, 1.165) is 11.1 Å². The first-order valence-corrected chi connectivity index (χ1v) is 7.05. The summed E-state index contributed by atoms with van der Waals surface area (Å²) in [5.41, 5.74) is 1.87. The maximum absolute atomic E-state index is 12.3. The van der Waals surface area contributed by atoms with E-state index < -0.39 is 12.1 Å². The zero-order valence-corrected chi connectivity index (χ0v) is 12.4. The van der Waals surface area contributed by atoms with Gasteiger partial charge in [0.2, 0.25) is 5.91 Å². The number of benzene rings is 2. The van der Waals surface area contributed by atoms with E-state index >= 15 is 0 Å². The molecule has 0 aliphatic heterocycles. The molecule has 0 aromatic heterocycles. The average Bonchev–Trinajstić information content (AvgIpc) is 2.57. The fourth-order valence-electron chi connectivity index (χ4n) is 2.07. The van der Waals surface area contributed by atoms with Crippen LogP contribution in [0, 0.1) is 0 Å². The molecule has 0 bridgehead atoms. The Labute approximate surface area is 129 Å². The second-order valence-corrected chi connectivity index (χ2v) is 4.78. The quantitative estimate of drug-likeness (QED) is 0.790. The van der Waals surface area contributed by atoms with Crippen molar-refractivity contribution in [1.82, 2.24) is 16.0 Å². The van der Waals surface area contributed by atoms with Gasteiger partial charge < -0.3 is 5.32 Å². The van der Waals surface area contributed by atoms with Crippen molar-refractivity contribution in [3.05, 3.63) is 71.8 Å². The Balaban J connectivity index is 2.11. The van der Waals surface area contributed by atoms with Crippen molar-refractivity contribution in [2.24, 2.45) is 0 Å². The van der Waals surface area contributed by atoms with Crippen molar-refractivity contribution in [2.45, 2.75) is 12.6 Å². The number of rotatable bonds is 5. The maximum atomic E-state index is 12.3. The topological polar surface area (TPSA) is 70.2 Å². The van der Waals surface area contributed by atoms with Crippen LogP contribution in [0.2, 0.25) is 0 Å². The number of hydrogen-bond donors (Lipinski definition) is 3. The predicted molar refractivity (Wildman–Crippen MR) is 85.1 cm³/mol. The van der Waals surface area contributed by atoms with Gasteiger partial charge in [-0.15, -0.1) is 0 Å². The van der Waals surface area contributed by atoms with Gasteiger partial charge in [0, 0.05) is 13.6 Å². The largest absolute Gasteiger partial charge is 0.341 e. The molecule has 2 aromatic rings. The minimum absolute atomic E-state index is 0.388. The van der Waals surface area contributed by atoms with Crippen LogP contribution in [0.4, 0.5) is 4.79 Å². The van der Waals surface area contributed by atoms with Crippen molar-refractivity contribution in [1.29, 1.82) is 0 Å². The molecule has 1 atom stereocenters. The minimum atomic E-state index is -0.598. The molecule has 0 saturated heterocycles. The van der Waals surface area contributed by atoms with Crippen LogP contribution in [-0.4, -0.2) is 19.0 Å². The lowest BCUT2D eigenvalue weighted by Gasteiger charge is -2.18. The van der Waals surface area contributed by atoms with Crippen LogP contribution in [0.5, 0.6) is 0 Å². The third-order valence-corrected chi connectivity index (χ3v) is 3.21. The lowest BCUT2D eigenvalue weighted by Crippen LogP contribution is -2.43. The summed E-state index contributed by atoms with van der Waals surface area (Å²) in [6.45, 7) is 0.529. The highest BCUT2D eigenvalue weighted by molar-refractivity contribution is 5.97. The van der Waals surface area contributed by atoms with Crippen molar-refractivity contribution in [2.75, 3.05) is 7.05 Å². The molecule has 5 nitrogen and oxygen atoms in total. The summed E-state index contributed by atoms with van der Waals surface area (Å²) in [5, 5.41) is 7.88. The van der Waals surface area contributed by atoms with E-state index in [1.807, 2.05) is 60.7 Å². The van der Waals surface area contributed by atoms with Crippen LogP contribution in [0.25, 0.3) is 0 Å². The lowest BCUT2D eigenvalue weighted by atomic mass is 10.1. The van der Waals surface area contributed by atoms with Gasteiger partial charge in [-0.1, -0.05) is 60.7 Å². The number of urea groups is 1. The SMILES string of the molecule is CNC(=O)NC(=O)[C@@H](NCc1ccccc1)c1ccccc1.